The molecule has 3 nitrogen and oxygen atoms in total. The summed E-state index contributed by atoms with van der Waals surface area (Å²) < 4.78 is 4.78. The molecule has 0 aromatic rings. The molecule has 1 N–H and O–H groups in total. The molecule has 1 aliphatic rings. The van der Waals surface area contributed by atoms with E-state index < -0.39 is 7.12 Å². The Kier molecular flexibility index (Phi) is 1.88. The maximum Gasteiger partial charge on any atom is 0.456 e. The van der Waals surface area contributed by atoms with Gasteiger partial charge in [0.25, 0.3) is 0 Å². The van der Waals surface area contributed by atoms with Gasteiger partial charge in [0.2, 0.25) is 0 Å². The summed E-state index contributed by atoms with van der Waals surface area (Å²) in [7, 11) is -0.616. The zero-order valence-electron chi connectivity index (χ0n) is 5.33. The van der Waals surface area contributed by atoms with Gasteiger partial charge in [-0.25, -0.2) is 0 Å². The van der Waals surface area contributed by atoms with Gasteiger partial charge in [-0.2, -0.15) is 0 Å². The minimum atomic E-state index is -0.616. The fourth-order valence-electron chi connectivity index (χ4n) is 0.888. The minimum absolute atomic E-state index is 0.0162. The highest BCUT2D eigenvalue weighted by Crippen LogP contribution is 2.19. The van der Waals surface area contributed by atoms with E-state index in [1.807, 2.05) is 0 Å². The summed E-state index contributed by atoms with van der Waals surface area (Å²) in [4.78, 5) is 10.4. The topological polar surface area (TPSA) is 46.5 Å². The molecule has 0 bridgehead atoms. The van der Waals surface area contributed by atoms with E-state index in [1.165, 1.54) is 6.92 Å². The van der Waals surface area contributed by atoms with Crippen LogP contribution < -0.4 is 0 Å². The van der Waals surface area contributed by atoms with E-state index in [4.69, 9.17) is 9.68 Å². The Balaban J connectivity index is 2.11. The van der Waals surface area contributed by atoms with E-state index in [9.17, 15) is 4.79 Å². The van der Waals surface area contributed by atoms with Gasteiger partial charge in [0.15, 0.2) is 0 Å². The smallest absolute Gasteiger partial charge is 0.427 e. The Morgan fingerprint density at radius 3 is 2.89 bits per heavy atom. The monoisotopic (exact) mass is 128 g/mol. The lowest BCUT2D eigenvalue weighted by molar-refractivity contribution is -0.119. The van der Waals surface area contributed by atoms with Crippen LogP contribution in [0.25, 0.3) is 0 Å². The van der Waals surface area contributed by atoms with Crippen LogP contribution in [0.15, 0.2) is 0 Å². The molecule has 50 valence electrons. The maximum atomic E-state index is 10.4. The second kappa shape index (κ2) is 2.50. The van der Waals surface area contributed by atoms with Crippen LogP contribution in [0, 0.1) is 0 Å². The number of hydrogen-bond acceptors (Lipinski definition) is 3. The van der Waals surface area contributed by atoms with E-state index in [2.05, 4.69) is 0 Å². The Hall–Kier alpha value is -0.345. The van der Waals surface area contributed by atoms with E-state index in [1.54, 1.807) is 0 Å². The molecule has 0 aromatic carbocycles. The molecule has 1 atom stereocenters. The van der Waals surface area contributed by atoms with Crippen LogP contribution in [0.5, 0.6) is 0 Å². The summed E-state index contributed by atoms with van der Waals surface area (Å²) in [5.41, 5.74) is 0. The van der Waals surface area contributed by atoms with E-state index >= 15 is 0 Å². The largest absolute Gasteiger partial charge is 0.456 e. The zero-order chi connectivity index (χ0) is 6.85. The highest BCUT2D eigenvalue weighted by Gasteiger charge is 2.33. The van der Waals surface area contributed by atoms with Gasteiger partial charge in [0.05, 0.1) is 0 Å². The first-order valence-electron chi connectivity index (χ1n) is 3.01. The van der Waals surface area contributed by atoms with E-state index in [-0.39, 0.29) is 11.9 Å². The molecule has 0 radical (unpaired) electrons. The quantitative estimate of drug-likeness (QED) is 0.525. The van der Waals surface area contributed by atoms with E-state index in [0.29, 0.717) is 12.7 Å². The standard InChI is InChI=1S/C5H9BO3/c1-4(7)2-5-3-6(8)9-5/h5,8H,2-3H2,1H3/t5-/m1/s1. The van der Waals surface area contributed by atoms with Crippen molar-refractivity contribution in [2.24, 2.45) is 0 Å². The van der Waals surface area contributed by atoms with Crippen LogP contribution in [0.2, 0.25) is 6.32 Å². The van der Waals surface area contributed by atoms with Crippen molar-refractivity contribution in [3.05, 3.63) is 0 Å². The first-order valence-corrected chi connectivity index (χ1v) is 3.01. The Morgan fingerprint density at radius 1 is 2.00 bits per heavy atom. The van der Waals surface area contributed by atoms with Crippen molar-refractivity contribution in [3.63, 3.8) is 0 Å². The highest BCUT2D eigenvalue weighted by atomic mass is 16.5. The maximum absolute atomic E-state index is 10.4. The van der Waals surface area contributed by atoms with Gasteiger partial charge >= 0.3 is 7.12 Å². The molecule has 0 spiro atoms. The highest BCUT2D eigenvalue weighted by molar-refractivity contribution is 6.45. The Morgan fingerprint density at radius 2 is 2.56 bits per heavy atom. The van der Waals surface area contributed by atoms with Gasteiger partial charge < -0.3 is 9.68 Å². The third-order valence-corrected chi connectivity index (χ3v) is 1.33. The zero-order valence-corrected chi connectivity index (χ0v) is 5.33. The van der Waals surface area contributed by atoms with Crippen molar-refractivity contribution in [3.8, 4) is 0 Å². The predicted molar refractivity (Wildman–Crippen MR) is 33.0 cm³/mol. The van der Waals surface area contributed by atoms with Crippen molar-refractivity contribution in [1.82, 2.24) is 0 Å². The number of ketones is 1. The fourth-order valence-corrected chi connectivity index (χ4v) is 0.888. The second-order valence-electron chi connectivity index (χ2n) is 2.35. The van der Waals surface area contributed by atoms with Gasteiger partial charge in [0.1, 0.15) is 5.78 Å². The summed E-state index contributed by atoms with van der Waals surface area (Å²) in [5, 5.41) is 8.60. The lowest BCUT2D eigenvalue weighted by Gasteiger charge is -2.28. The van der Waals surface area contributed by atoms with Crippen molar-refractivity contribution in [2.75, 3.05) is 0 Å². The lowest BCUT2D eigenvalue weighted by Crippen LogP contribution is -2.41. The fraction of sp³-hybridized carbons (Fsp3) is 0.800. The van der Waals surface area contributed by atoms with Gasteiger partial charge in [0, 0.05) is 18.8 Å². The van der Waals surface area contributed by atoms with Crippen molar-refractivity contribution >= 4 is 12.9 Å². The van der Waals surface area contributed by atoms with Crippen molar-refractivity contribution in [2.45, 2.75) is 25.8 Å². The molecule has 0 saturated carbocycles. The molecule has 0 amide bonds. The summed E-state index contributed by atoms with van der Waals surface area (Å²) in [5.74, 6) is 0.118. The molecule has 0 aromatic heterocycles. The molecule has 1 heterocycles. The molecule has 1 saturated heterocycles. The molecule has 1 fully saturated rings. The number of Topliss-reactive ketones (excluding diaryl/α,β-unsaturated/α-hetero) is 1. The van der Waals surface area contributed by atoms with Gasteiger partial charge in [-0.05, 0) is 6.92 Å². The van der Waals surface area contributed by atoms with Crippen LogP contribution in [-0.2, 0) is 9.45 Å². The van der Waals surface area contributed by atoms with Gasteiger partial charge in [-0.15, -0.1) is 0 Å². The number of carbonyl (C=O) groups is 1. The van der Waals surface area contributed by atoms with Gasteiger partial charge in [-0.1, -0.05) is 0 Å². The molecule has 0 aliphatic carbocycles. The summed E-state index contributed by atoms with van der Waals surface area (Å²) in [6.07, 6.45) is 1.04. The number of rotatable bonds is 2. The first kappa shape index (κ1) is 6.77. The third kappa shape index (κ3) is 1.80. The molecular weight excluding hydrogens is 119 g/mol. The van der Waals surface area contributed by atoms with Crippen LogP contribution in [-0.4, -0.2) is 24.0 Å². The van der Waals surface area contributed by atoms with Crippen molar-refractivity contribution in [1.29, 1.82) is 0 Å². The van der Waals surface area contributed by atoms with Gasteiger partial charge in [-0.3, -0.25) is 4.79 Å². The van der Waals surface area contributed by atoms with Crippen molar-refractivity contribution < 1.29 is 14.5 Å². The average Bonchev–Trinajstić information content (AvgIpc) is 1.60. The normalized spacial score (nSPS) is 25.6. The lowest BCUT2D eigenvalue weighted by atomic mass is 9.73. The molecule has 1 rings (SSSR count). The Labute approximate surface area is 54.2 Å². The summed E-state index contributed by atoms with van der Waals surface area (Å²) in [6, 6.07) is 0. The molecule has 4 heteroatoms. The Bertz CT molecular complexity index is 119. The van der Waals surface area contributed by atoms with Crippen LogP contribution in [0.3, 0.4) is 0 Å². The molecule has 9 heavy (non-hydrogen) atoms. The first-order chi connectivity index (χ1) is 4.18. The van der Waals surface area contributed by atoms with Crippen LogP contribution in [0.1, 0.15) is 13.3 Å². The summed E-state index contributed by atoms with van der Waals surface area (Å²) in [6.45, 7) is 1.52. The predicted octanol–water partition coefficient (Wildman–Crippen LogP) is -0.155. The van der Waals surface area contributed by atoms with Crippen LogP contribution in [0.4, 0.5) is 0 Å². The number of carbonyl (C=O) groups excluding carboxylic acids is 1. The number of hydrogen-bond donors (Lipinski definition) is 1. The molecular formula is C5H9BO3. The van der Waals surface area contributed by atoms with E-state index in [0.717, 1.165) is 0 Å². The van der Waals surface area contributed by atoms with Crippen LogP contribution >= 0.6 is 0 Å². The molecule has 0 unspecified atom stereocenters. The third-order valence-electron chi connectivity index (χ3n) is 1.33. The minimum Gasteiger partial charge on any atom is -0.427 e. The average molecular weight is 128 g/mol. The SMILES string of the molecule is CC(=O)C[C@@H]1CB(O)O1. The molecule has 1 aliphatic heterocycles. The second-order valence-corrected chi connectivity index (χ2v) is 2.35. The summed E-state index contributed by atoms with van der Waals surface area (Å²) >= 11 is 0.